The molecule has 0 bridgehead atoms. The molecule has 7 heavy (non-hydrogen) atoms. The first-order valence-corrected chi connectivity index (χ1v) is 2.23. The molecule has 1 aliphatic heterocycles. The minimum absolute atomic E-state index is 1.21. The van der Waals surface area contributed by atoms with Gasteiger partial charge in [0, 0.05) is 12.4 Å². The van der Waals surface area contributed by atoms with Gasteiger partial charge in [-0.15, -0.1) is 5.73 Å². The summed E-state index contributed by atoms with van der Waals surface area (Å²) in [5, 5.41) is 2.91. The van der Waals surface area contributed by atoms with E-state index >= 15 is 0 Å². The van der Waals surface area contributed by atoms with Crippen molar-refractivity contribution >= 4 is 0 Å². The van der Waals surface area contributed by atoms with Gasteiger partial charge in [0.15, 0.2) is 0 Å². The van der Waals surface area contributed by atoms with Crippen molar-refractivity contribution in [2.24, 2.45) is 0 Å². The molecule has 0 saturated heterocycles. The molecule has 0 unspecified atom stereocenters. The summed E-state index contributed by atoms with van der Waals surface area (Å²) in [5.74, 6) is 0. The highest BCUT2D eigenvalue weighted by Gasteiger charge is 1.79. The molecule has 0 aromatic rings. The molecule has 1 rings (SSSR count). The summed E-state index contributed by atoms with van der Waals surface area (Å²) in [4.78, 5) is 0. The summed E-state index contributed by atoms with van der Waals surface area (Å²) in [6, 6.07) is 0. The van der Waals surface area contributed by atoms with Crippen molar-refractivity contribution in [3.63, 3.8) is 0 Å². The van der Waals surface area contributed by atoms with Gasteiger partial charge in [-0.2, -0.15) is 0 Å². The van der Waals surface area contributed by atoms with E-state index < -0.39 is 0 Å². The van der Waals surface area contributed by atoms with Gasteiger partial charge >= 0.3 is 0 Å². The van der Waals surface area contributed by atoms with Crippen LogP contribution in [0.2, 0.25) is 0 Å². The van der Waals surface area contributed by atoms with Crippen LogP contribution < -0.4 is 5.32 Å². The van der Waals surface area contributed by atoms with E-state index in [2.05, 4.69) is 11.0 Å². The molecule has 0 fully saturated rings. The van der Waals surface area contributed by atoms with Crippen molar-refractivity contribution in [1.82, 2.24) is 5.32 Å². The van der Waals surface area contributed by atoms with Crippen LogP contribution in [0.25, 0.3) is 0 Å². The average molecular weight is 93.1 g/mol. The van der Waals surface area contributed by atoms with Gasteiger partial charge < -0.3 is 5.32 Å². The number of nitrogens with one attached hydrogen (secondary N) is 1. The van der Waals surface area contributed by atoms with Crippen molar-refractivity contribution in [3.05, 3.63) is 29.8 Å². The molecule has 0 saturated carbocycles. The zero-order chi connectivity index (χ0) is 5.11. The Kier molecular flexibility index (Phi) is 1.01. The van der Waals surface area contributed by atoms with Crippen LogP contribution in [0.1, 0.15) is 6.92 Å². The van der Waals surface area contributed by atoms with E-state index in [1.54, 1.807) is 6.20 Å². The van der Waals surface area contributed by atoms with Gasteiger partial charge in [-0.1, -0.05) is 0 Å². The Hall–Kier alpha value is -0.940. The number of hydrogen-bond donors (Lipinski definition) is 1. The first kappa shape index (κ1) is 4.23. The smallest absolute Gasteiger partial charge is 0.0437 e. The molecule has 0 amide bonds. The number of hydrogen-bond acceptors (Lipinski definition) is 1. The maximum atomic E-state index is 2.91. The standard InChI is InChI=1S/C6H7N/c1-6-3-2-4-7-5-6/h3-5,7H,1H3. The lowest BCUT2D eigenvalue weighted by Gasteiger charge is -1.93. The highest BCUT2D eigenvalue weighted by molar-refractivity contribution is 5.18. The topological polar surface area (TPSA) is 12.0 Å². The minimum Gasteiger partial charge on any atom is -0.361 e. The van der Waals surface area contributed by atoms with Crippen LogP contribution in [0.15, 0.2) is 29.8 Å². The molecule has 0 radical (unpaired) electrons. The molecular formula is C6H7N. The molecule has 0 aromatic carbocycles. The molecule has 1 heterocycles. The fourth-order valence-electron chi connectivity index (χ4n) is 0.436. The number of allylic oxidation sites excluding steroid dienone is 2. The average Bonchev–Trinajstić information content (AvgIpc) is 1.69. The molecule has 0 atom stereocenters. The van der Waals surface area contributed by atoms with Crippen molar-refractivity contribution in [2.75, 3.05) is 0 Å². The number of rotatable bonds is 0. The molecular weight excluding hydrogens is 86.1 g/mol. The van der Waals surface area contributed by atoms with Gasteiger partial charge in [0.2, 0.25) is 0 Å². The second kappa shape index (κ2) is 1.67. The lowest BCUT2D eigenvalue weighted by Crippen LogP contribution is -1.94. The quantitative estimate of drug-likeness (QED) is 0.443. The van der Waals surface area contributed by atoms with E-state index in [-0.39, 0.29) is 0 Å². The van der Waals surface area contributed by atoms with Gasteiger partial charge in [0.1, 0.15) is 0 Å². The lowest BCUT2D eigenvalue weighted by atomic mass is 10.3. The zero-order valence-electron chi connectivity index (χ0n) is 4.23. The largest absolute Gasteiger partial charge is 0.361 e. The Bertz CT molecular complexity index is 148. The predicted octanol–water partition coefficient (Wildman–Crippen LogP) is 1.16. The summed E-state index contributed by atoms with van der Waals surface area (Å²) < 4.78 is 0. The van der Waals surface area contributed by atoms with E-state index in [0.29, 0.717) is 0 Å². The van der Waals surface area contributed by atoms with Crippen LogP contribution in [0.3, 0.4) is 0 Å². The van der Waals surface area contributed by atoms with Crippen molar-refractivity contribution in [2.45, 2.75) is 6.92 Å². The zero-order valence-corrected chi connectivity index (χ0v) is 4.23. The normalized spacial score (nSPS) is 15.9. The van der Waals surface area contributed by atoms with Crippen LogP contribution in [-0.4, -0.2) is 0 Å². The Morgan fingerprint density at radius 1 is 1.71 bits per heavy atom. The van der Waals surface area contributed by atoms with E-state index in [4.69, 9.17) is 0 Å². The van der Waals surface area contributed by atoms with E-state index in [0.717, 1.165) is 0 Å². The second-order valence-electron chi connectivity index (χ2n) is 1.51. The van der Waals surface area contributed by atoms with Crippen LogP contribution in [0.4, 0.5) is 0 Å². The van der Waals surface area contributed by atoms with Gasteiger partial charge in [0.05, 0.1) is 0 Å². The van der Waals surface area contributed by atoms with Crippen LogP contribution in [0, 0.1) is 0 Å². The summed E-state index contributed by atoms with van der Waals surface area (Å²) in [6.45, 7) is 2.02. The maximum Gasteiger partial charge on any atom is 0.0437 e. The molecule has 1 aliphatic rings. The van der Waals surface area contributed by atoms with Crippen LogP contribution >= 0.6 is 0 Å². The van der Waals surface area contributed by atoms with Crippen molar-refractivity contribution in [1.29, 1.82) is 0 Å². The maximum absolute atomic E-state index is 2.91. The summed E-state index contributed by atoms with van der Waals surface area (Å²) in [6.07, 6.45) is 5.62. The second-order valence-corrected chi connectivity index (χ2v) is 1.51. The Morgan fingerprint density at radius 2 is 2.57 bits per heavy atom. The third kappa shape index (κ3) is 0.951. The Labute approximate surface area is 43.0 Å². The Morgan fingerprint density at radius 3 is 2.86 bits per heavy atom. The lowest BCUT2D eigenvalue weighted by molar-refractivity contribution is 1.15. The fourth-order valence-corrected chi connectivity index (χ4v) is 0.436. The van der Waals surface area contributed by atoms with E-state index in [1.807, 2.05) is 19.2 Å². The molecule has 0 spiro atoms. The van der Waals surface area contributed by atoms with Gasteiger partial charge in [-0.3, -0.25) is 0 Å². The molecule has 0 aromatic heterocycles. The monoisotopic (exact) mass is 93.1 g/mol. The van der Waals surface area contributed by atoms with Gasteiger partial charge in [-0.05, 0) is 18.6 Å². The summed E-state index contributed by atoms with van der Waals surface area (Å²) in [5.41, 5.74) is 4.12. The molecule has 36 valence electrons. The van der Waals surface area contributed by atoms with Gasteiger partial charge in [-0.25, -0.2) is 0 Å². The highest BCUT2D eigenvalue weighted by atomic mass is 14.8. The first-order valence-electron chi connectivity index (χ1n) is 2.23. The summed E-state index contributed by atoms with van der Waals surface area (Å²) in [7, 11) is 0. The first-order chi connectivity index (χ1) is 3.39. The van der Waals surface area contributed by atoms with E-state index in [9.17, 15) is 0 Å². The summed E-state index contributed by atoms with van der Waals surface area (Å²) >= 11 is 0. The van der Waals surface area contributed by atoms with Crippen molar-refractivity contribution < 1.29 is 0 Å². The van der Waals surface area contributed by atoms with E-state index in [1.165, 1.54) is 5.57 Å². The molecule has 0 aliphatic carbocycles. The minimum atomic E-state index is 1.21. The highest BCUT2D eigenvalue weighted by Crippen LogP contribution is 1.92. The Balaban J connectivity index is 2.82. The SMILES string of the molecule is CC1=CNC=C=C1. The molecule has 1 nitrogen and oxygen atoms in total. The third-order valence-electron chi connectivity index (χ3n) is 0.789. The third-order valence-corrected chi connectivity index (χ3v) is 0.789. The van der Waals surface area contributed by atoms with Gasteiger partial charge in [0.25, 0.3) is 0 Å². The molecule has 1 N–H and O–H groups in total. The van der Waals surface area contributed by atoms with Crippen molar-refractivity contribution in [3.8, 4) is 0 Å². The van der Waals surface area contributed by atoms with Crippen LogP contribution in [0.5, 0.6) is 0 Å². The molecule has 1 heteroatoms. The fraction of sp³-hybridized carbons (Fsp3) is 0.167. The predicted molar refractivity (Wildman–Crippen MR) is 29.5 cm³/mol. The van der Waals surface area contributed by atoms with Crippen LogP contribution in [-0.2, 0) is 0 Å².